The number of furan rings is 1. The number of hydrogen-bond acceptors (Lipinski definition) is 4. The molecule has 0 aliphatic carbocycles. The summed E-state index contributed by atoms with van der Waals surface area (Å²) < 4.78 is 17.0. The van der Waals surface area contributed by atoms with E-state index in [0.29, 0.717) is 13.2 Å². The summed E-state index contributed by atoms with van der Waals surface area (Å²) in [5, 5.41) is 0.971. The summed E-state index contributed by atoms with van der Waals surface area (Å²) in [6.45, 7) is 0.821. The molecule has 0 aliphatic rings. The first-order chi connectivity index (χ1) is 8.21. The van der Waals surface area contributed by atoms with Gasteiger partial charge in [0, 0.05) is 18.1 Å². The molecule has 0 atom stereocenters. The second kappa shape index (κ2) is 5.08. The summed E-state index contributed by atoms with van der Waals surface area (Å²) in [5.41, 5.74) is 7.42. The SMILES string of the molecule is COCc1c(CN)oc2c(Br)cc(OC)cc12. The van der Waals surface area contributed by atoms with E-state index in [1.807, 2.05) is 12.1 Å². The molecule has 0 saturated heterocycles. The molecular formula is C12H14BrNO3. The molecule has 0 aliphatic heterocycles. The Hall–Kier alpha value is -1.04. The molecular weight excluding hydrogens is 286 g/mol. The van der Waals surface area contributed by atoms with Crippen molar-refractivity contribution in [1.29, 1.82) is 0 Å². The van der Waals surface area contributed by atoms with Crippen molar-refractivity contribution in [3.8, 4) is 5.75 Å². The minimum Gasteiger partial charge on any atom is -0.497 e. The van der Waals surface area contributed by atoms with Gasteiger partial charge in [-0.15, -0.1) is 0 Å². The fraction of sp³-hybridized carbons (Fsp3) is 0.333. The Balaban J connectivity index is 2.70. The van der Waals surface area contributed by atoms with Gasteiger partial charge >= 0.3 is 0 Å². The van der Waals surface area contributed by atoms with E-state index in [9.17, 15) is 0 Å². The number of halogens is 1. The highest BCUT2D eigenvalue weighted by atomic mass is 79.9. The van der Waals surface area contributed by atoms with Crippen molar-refractivity contribution in [1.82, 2.24) is 0 Å². The normalized spacial score (nSPS) is 11.1. The largest absolute Gasteiger partial charge is 0.497 e. The summed E-state index contributed by atoms with van der Waals surface area (Å²) in [6, 6.07) is 3.79. The first-order valence-electron chi connectivity index (χ1n) is 5.18. The monoisotopic (exact) mass is 299 g/mol. The Kier molecular flexibility index (Phi) is 3.71. The Morgan fingerprint density at radius 2 is 2.12 bits per heavy atom. The quantitative estimate of drug-likeness (QED) is 0.943. The maximum absolute atomic E-state index is 5.72. The van der Waals surface area contributed by atoms with Crippen LogP contribution in [0.5, 0.6) is 5.75 Å². The number of methoxy groups -OCH3 is 2. The molecule has 1 aromatic carbocycles. The van der Waals surface area contributed by atoms with Crippen molar-refractivity contribution in [2.75, 3.05) is 14.2 Å². The van der Waals surface area contributed by atoms with Crippen molar-refractivity contribution in [3.05, 3.63) is 27.9 Å². The maximum atomic E-state index is 5.72. The minimum atomic E-state index is 0.349. The van der Waals surface area contributed by atoms with Gasteiger partial charge in [-0.25, -0.2) is 0 Å². The van der Waals surface area contributed by atoms with E-state index in [0.717, 1.165) is 32.5 Å². The van der Waals surface area contributed by atoms with Crippen LogP contribution in [0.2, 0.25) is 0 Å². The van der Waals surface area contributed by atoms with Crippen LogP contribution in [0.25, 0.3) is 11.0 Å². The molecule has 5 heteroatoms. The van der Waals surface area contributed by atoms with Crippen LogP contribution >= 0.6 is 15.9 Å². The lowest BCUT2D eigenvalue weighted by atomic mass is 10.1. The summed E-state index contributed by atoms with van der Waals surface area (Å²) in [7, 11) is 3.28. The molecule has 2 rings (SSSR count). The average Bonchev–Trinajstić information content (AvgIpc) is 2.68. The van der Waals surface area contributed by atoms with E-state index in [2.05, 4.69) is 15.9 Å². The molecule has 0 bridgehead atoms. The van der Waals surface area contributed by atoms with Crippen molar-refractivity contribution in [2.24, 2.45) is 5.73 Å². The summed E-state index contributed by atoms with van der Waals surface area (Å²) in [5.74, 6) is 1.52. The molecule has 0 spiro atoms. The highest BCUT2D eigenvalue weighted by molar-refractivity contribution is 9.10. The predicted octanol–water partition coefficient (Wildman–Crippen LogP) is 2.81. The van der Waals surface area contributed by atoms with Crippen LogP contribution in [0.1, 0.15) is 11.3 Å². The van der Waals surface area contributed by atoms with Gasteiger partial charge in [0.1, 0.15) is 17.1 Å². The van der Waals surface area contributed by atoms with Gasteiger partial charge in [-0.05, 0) is 28.1 Å². The lowest BCUT2D eigenvalue weighted by Crippen LogP contribution is -1.99. The van der Waals surface area contributed by atoms with Gasteiger partial charge in [0.05, 0.1) is 24.7 Å². The van der Waals surface area contributed by atoms with Gasteiger partial charge in [-0.3, -0.25) is 0 Å². The summed E-state index contributed by atoms with van der Waals surface area (Å²) in [6.07, 6.45) is 0. The standard InChI is InChI=1S/C12H14BrNO3/c1-15-6-9-8-3-7(16-2)4-10(13)12(8)17-11(9)5-14/h3-4H,5-6,14H2,1-2H3. The van der Waals surface area contributed by atoms with E-state index in [-0.39, 0.29) is 0 Å². The number of fused-ring (bicyclic) bond motifs is 1. The molecule has 0 unspecified atom stereocenters. The van der Waals surface area contributed by atoms with E-state index in [1.165, 1.54) is 0 Å². The molecule has 1 heterocycles. The smallest absolute Gasteiger partial charge is 0.149 e. The maximum Gasteiger partial charge on any atom is 0.149 e. The van der Waals surface area contributed by atoms with E-state index < -0.39 is 0 Å². The second-order valence-electron chi connectivity index (χ2n) is 3.63. The average molecular weight is 300 g/mol. The highest BCUT2D eigenvalue weighted by Gasteiger charge is 2.16. The van der Waals surface area contributed by atoms with Crippen LogP contribution in [0.4, 0.5) is 0 Å². The Bertz CT molecular complexity index is 536. The van der Waals surface area contributed by atoms with Crippen LogP contribution in [0.3, 0.4) is 0 Å². The molecule has 2 N–H and O–H groups in total. The van der Waals surface area contributed by atoms with Crippen molar-refractivity contribution in [2.45, 2.75) is 13.2 Å². The van der Waals surface area contributed by atoms with Gasteiger partial charge in [-0.1, -0.05) is 0 Å². The zero-order valence-corrected chi connectivity index (χ0v) is 11.3. The third kappa shape index (κ3) is 2.18. The fourth-order valence-corrected chi connectivity index (χ4v) is 2.34. The first-order valence-corrected chi connectivity index (χ1v) is 5.97. The van der Waals surface area contributed by atoms with Gasteiger partial charge in [0.2, 0.25) is 0 Å². The molecule has 0 saturated carbocycles. The molecule has 0 fully saturated rings. The third-order valence-electron chi connectivity index (χ3n) is 2.61. The number of nitrogens with two attached hydrogens (primary N) is 1. The van der Waals surface area contributed by atoms with Crippen molar-refractivity contribution in [3.63, 3.8) is 0 Å². The topological polar surface area (TPSA) is 57.6 Å². The second-order valence-corrected chi connectivity index (χ2v) is 4.48. The highest BCUT2D eigenvalue weighted by Crippen LogP contribution is 2.35. The first kappa shape index (κ1) is 12.4. The van der Waals surface area contributed by atoms with E-state index >= 15 is 0 Å². The van der Waals surface area contributed by atoms with E-state index in [4.69, 9.17) is 19.6 Å². The molecule has 2 aromatic rings. The number of hydrogen-bond donors (Lipinski definition) is 1. The zero-order valence-electron chi connectivity index (χ0n) is 9.75. The minimum absolute atomic E-state index is 0.349. The van der Waals surface area contributed by atoms with Gasteiger partial charge in [0.25, 0.3) is 0 Å². The fourth-order valence-electron chi connectivity index (χ4n) is 1.82. The van der Waals surface area contributed by atoms with Crippen LogP contribution in [0.15, 0.2) is 21.0 Å². The third-order valence-corrected chi connectivity index (χ3v) is 3.20. The molecule has 1 aromatic heterocycles. The van der Waals surface area contributed by atoms with Crippen LogP contribution in [0, 0.1) is 0 Å². The predicted molar refractivity (Wildman–Crippen MR) is 69.1 cm³/mol. The van der Waals surface area contributed by atoms with E-state index in [1.54, 1.807) is 14.2 Å². The number of ether oxygens (including phenoxy) is 2. The molecule has 17 heavy (non-hydrogen) atoms. The summed E-state index contributed by atoms with van der Waals surface area (Å²) >= 11 is 3.46. The van der Waals surface area contributed by atoms with Crippen LogP contribution < -0.4 is 10.5 Å². The number of benzene rings is 1. The summed E-state index contributed by atoms with van der Waals surface area (Å²) in [4.78, 5) is 0. The van der Waals surface area contributed by atoms with Gasteiger partial charge in [-0.2, -0.15) is 0 Å². The lowest BCUT2D eigenvalue weighted by molar-refractivity contribution is 0.184. The molecule has 92 valence electrons. The van der Waals surface area contributed by atoms with Crippen LogP contribution in [-0.4, -0.2) is 14.2 Å². The zero-order chi connectivity index (χ0) is 12.4. The Labute approximate surface area is 108 Å². The Morgan fingerprint density at radius 1 is 1.35 bits per heavy atom. The van der Waals surface area contributed by atoms with Gasteiger partial charge < -0.3 is 19.6 Å². The molecule has 4 nitrogen and oxygen atoms in total. The van der Waals surface area contributed by atoms with Crippen molar-refractivity contribution < 1.29 is 13.9 Å². The Morgan fingerprint density at radius 3 is 2.71 bits per heavy atom. The number of rotatable bonds is 4. The van der Waals surface area contributed by atoms with Crippen molar-refractivity contribution >= 4 is 26.9 Å². The molecule has 0 amide bonds. The lowest BCUT2D eigenvalue weighted by Gasteiger charge is -2.02. The molecule has 0 radical (unpaired) electrons. The van der Waals surface area contributed by atoms with Crippen LogP contribution in [-0.2, 0) is 17.9 Å². The van der Waals surface area contributed by atoms with Gasteiger partial charge in [0.15, 0.2) is 0 Å².